The second-order valence-corrected chi connectivity index (χ2v) is 5.87. The largest absolute Gasteiger partial charge is 0.481 e. The van der Waals surface area contributed by atoms with Gasteiger partial charge in [0.2, 0.25) is 0 Å². The van der Waals surface area contributed by atoms with Crippen LogP contribution in [0.1, 0.15) is 42.8 Å². The first-order valence-corrected chi connectivity index (χ1v) is 7.18. The fourth-order valence-corrected chi connectivity index (χ4v) is 3.54. The highest BCUT2D eigenvalue weighted by Gasteiger charge is 2.30. The molecule has 1 aliphatic carbocycles. The van der Waals surface area contributed by atoms with Crippen molar-refractivity contribution in [3.8, 4) is 0 Å². The zero-order valence-corrected chi connectivity index (χ0v) is 11.0. The minimum absolute atomic E-state index is 0.165. The van der Waals surface area contributed by atoms with Crippen LogP contribution in [-0.4, -0.2) is 16.1 Å². The fraction of sp³-hybridized carbons (Fsp3) is 0.692. The second-order valence-electron chi connectivity index (χ2n) is 4.93. The Morgan fingerprint density at radius 2 is 2.24 bits per heavy atom. The predicted molar refractivity (Wildman–Crippen MR) is 68.3 cm³/mol. The van der Waals surface area contributed by atoms with Gasteiger partial charge in [0.15, 0.2) is 0 Å². The van der Waals surface area contributed by atoms with Crippen molar-refractivity contribution in [1.29, 1.82) is 0 Å². The summed E-state index contributed by atoms with van der Waals surface area (Å²) in [5.41, 5.74) is 1.05. The highest BCUT2D eigenvalue weighted by Crippen LogP contribution is 2.32. The number of rotatable bonds is 3. The van der Waals surface area contributed by atoms with Crippen LogP contribution in [0.25, 0.3) is 0 Å². The topological polar surface area (TPSA) is 50.2 Å². The SMILES string of the molecule is Cc1csc(CC2CCCCCC2C(=O)O)n1. The molecule has 0 amide bonds. The predicted octanol–water partition coefficient (Wildman–Crippen LogP) is 3.28. The van der Waals surface area contributed by atoms with Crippen LogP contribution in [0.15, 0.2) is 5.38 Å². The summed E-state index contributed by atoms with van der Waals surface area (Å²) in [4.78, 5) is 15.8. The van der Waals surface area contributed by atoms with E-state index in [1.807, 2.05) is 12.3 Å². The van der Waals surface area contributed by atoms with Crippen LogP contribution in [0.2, 0.25) is 0 Å². The van der Waals surface area contributed by atoms with Crippen LogP contribution >= 0.6 is 11.3 Å². The zero-order chi connectivity index (χ0) is 12.3. The number of carboxylic acids is 1. The first-order chi connectivity index (χ1) is 8.16. The number of carboxylic acid groups (broad SMARTS) is 1. The smallest absolute Gasteiger partial charge is 0.306 e. The number of carbonyl (C=O) groups is 1. The lowest BCUT2D eigenvalue weighted by Gasteiger charge is -2.20. The summed E-state index contributed by atoms with van der Waals surface area (Å²) in [7, 11) is 0. The molecule has 0 spiro atoms. The third-order valence-electron chi connectivity index (χ3n) is 3.58. The van der Waals surface area contributed by atoms with Gasteiger partial charge in [-0.3, -0.25) is 4.79 Å². The summed E-state index contributed by atoms with van der Waals surface area (Å²) in [5, 5.41) is 12.4. The summed E-state index contributed by atoms with van der Waals surface area (Å²) in [5.74, 6) is -0.507. The van der Waals surface area contributed by atoms with E-state index in [0.717, 1.165) is 36.4 Å². The van der Waals surface area contributed by atoms with Crippen LogP contribution in [0, 0.1) is 18.8 Å². The number of aryl methyl sites for hydroxylation is 1. The van der Waals surface area contributed by atoms with Gasteiger partial charge in [-0.05, 0) is 25.7 Å². The van der Waals surface area contributed by atoms with Crippen molar-refractivity contribution in [2.45, 2.75) is 45.4 Å². The van der Waals surface area contributed by atoms with Crippen molar-refractivity contribution in [3.05, 3.63) is 16.1 Å². The molecular weight excluding hydrogens is 234 g/mol. The standard InChI is InChI=1S/C13H19NO2S/c1-9-8-17-12(14-9)7-10-5-3-2-4-6-11(10)13(15)16/h8,10-11H,2-7H2,1H3,(H,15,16). The van der Waals surface area contributed by atoms with Crippen LogP contribution in [0.4, 0.5) is 0 Å². The van der Waals surface area contributed by atoms with Crippen molar-refractivity contribution < 1.29 is 9.90 Å². The van der Waals surface area contributed by atoms with E-state index in [4.69, 9.17) is 0 Å². The maximum absolute atomic E-state index is 11.3. The average Bonchev–Trinajstić information content (AvgIpc) is 2.55. The van der Waals surface area contributed by atoms with Crippen molar-refractivity contribution in [2.24, 2.45) is 11.8 Å². The van der Waals surface area contributed by atoms with E-state index < -0.39 is 5.97 Å². The maximum atomic E-state index is 11.3. The molecule has 0 aromatic carbocycles. The third-order valence-corrected chi connectivity index (χ3v) is 4.57. The van der Waals surface area contributed by atoms with E-state index in [1.54, 1.807) is 11.3 Å². The molecule has 1 fully saturated rings. The molecular formula is C13H19NO2S. The molecule has 1 saturated carbocycles. The summed E-state index contributed by atoms with van der Waals surface area (Å²) in [6, 6.07) is 0. The summed E-state index contributed by atoms with van der Waals surface area (Å²) < 4.78 is 0. The Balaban J connectivity index is 2.07. The van der Waals surface area contributed by atoms with E-state index in [2.05, 4.69) is 4.98 Å². The molecule has 17 heavy (non-hydrogen) atoms. The van der Waals surface area contributed by atoms with Gasteiger partial charge in [-0.15, -0.1) is 11.3 Å². The van der Waals surface area contributed by atoms with E-state index in [0.29, 0.717) is 0 Å². The van der Waals surface area contributed by atoms with Gasteiger partial charge in [-0.25, -0.2) is 4.98 Å². The number of aromatic nitrogens is 1. The monoisotopic (exact) mass is 253 g/mol. The van der Waals surface area contributed by atoms with Gasteiger partial charge in [0, 0.05) is 17.5 Å². The Morgan fingerprint density at radius 3 is 2.88 bits per heavy atom. The quantitative estimate of drug-likeness (QED) is 0.841. The average molecular weight is 253 g/mol. The maximum Gasteiger partial charge on any atom is 0.306 e. The van der Waals surface area contributed by atoms with Gasteiger partial charge in [0.05, 0.1) is 10.9 Å². The molecule has 4 heteroatoms. The number of aliphatic carboxylic acids is 1. The van der Waals surface area contributed by atoms with Crippen molar-refractivity contribution in [1.82, 2.24) is 4.98 Å². The Hall–Kier alpha value is -0.900. The molecule has 0 bridgehead atoms. The highest BCUT2D eigenvalue weighted by molar-refractivity contribution is 7.09. The number of nitrogens with zero attached hydrogens (tertiary/aromatic N) is 1. The third kappa shape index (κ3) is 3.28. The molecule has 1 N–H and O–H groups in total. The van der Waals surface area contributed by atoms with Gasteiger partial charge in [-0.1, -0.05) is 19.3 Å². The van der Waals surface area contributed by atoms with Crippen LogP contribution in [-0.2, 0) is 11.2 Å². The molecule has 0 radical (unpaired) electrons. The first-order valence-electron chi connectivity index (χ1n) is 6.30. The lowest BCUT2D eigenvalue weighted by molar-refractivity contribution is -0.143. The van der Waals surface area contributed by atoms with Crippen LogP contribution in [0.5, 0.6) is 0 Å². The second kappa shape index (κ2) is 5.63. The minimum atomic E-state index is -0.620. The van der Waals surface area contributed by atoms with Gasteiger partial charge >= 0.3 is 5.97 Å². The Kier molecular flexibility index (Phi) is 4.15. The molecule has 1 heterocycles. The molecule has 1 aliphatic rings. The summed E-state index contributed by atoms with van der Waals surface area (Å²) in [6.07, 6.45) is 6.12. The summed E-state index contributed by atoms with van der Waals surface area (Å²) >= 11 is 1.66. The zero-order valence-electron chi connectivity index (χ0n) is 10.2. The van der Waals surface area contributed by atoms with Crippen molar-refractivity contribution >= 4 is 17.3 Å². The Labute approximate surface area is 106 Å². The number of hydrogen-bond donors (Lipinski definition) is 1. The molecule has 2 unspecified atom stereocenters. The van der Waals surface area contributed by atoms with Gasteiger partial charge in [0.25, 0.3) is 0 Å². The molecule has 1 aromatic heterocycles. The lowest BCUT2D eigenvalue weighted by Crippen LogP contribution is -2.24. The molecule has 3 nitrogen and oxygen atoms in total. The summed E-state index contributed by atoms with van der Waals surface area (Å²) in [6.45, 7) is 1.99. The molecule has 0 aliphatic heterocycles. The minimum Gasteiger partial charge on any atom is -0.481 e. The molecule has 0 saturated heterocycles. The first kappa shape index (κ1) is 12.6. The normalized spacial score (nSPS) is 25.5. The van der Waals surface area contributed by atoms with E-state index in [1.165, 1.54) is 12.8 Å². The van der Waals surface area contributed by atoms with Gasteiger partial charge in [0.1, 0.15) is 0 Å². The number of thiazole rings is 1. The lowest BCUT2D eigenvalue weighted by atomic mass is 9.86. The van der Waals surface area contributed by atoms with Crippen LogP contribution < -0.4 is 0 Å². The Morgan fingerprint density at radius 1 is 1.47 bits per heavy atom. The molecule has 2 atom stereocenters. The molecule has 94 valence electrons. The van der Waals surface area contributed by atoms with Crippen LogP contribution in [0.3, 0.4) is 0 Å². The van der Waals surface area contributed by atoms with Crippen molar-refractivity contribution in [3.63, 3.8) is 0 Å². The van der Waals surface area contributed by atoms with Gasteiger partial charge < -0.3 is 5.11 Å². The van der Waals surface area contributed by atoms with E-state index >= 15 is 0 Å². The fourth-order valence-electron chi connectivity index (χ4n) is 2.67. The Bertz CT molecular complexity index is 389. The van der Waals surface area contributed by atoms with Gasteiger partial charge in [-0.2, -0.15) is 0 Å². The van der Waals surface area contributed by atoms with Crippen molar-refractivity contribution in [2.75, 3.05) is 0 Å². The number of hydrogen-bond acceptors (Lipinski definition) is 3. The van der Waals surface area contributed by atoms with E-state index in [9.17, 15) is 9.90 Å². The molecule has 2 rings (SSSR count). The van der Waals surface area contributed by atoms with E-state index in [-0.39, 0.29) is 11.8 Å². The highest BCUT2D eigenvalue weighted by atomic mass is 32.1. The molecule has 1 aromatic rings.